The van der Waals surface area contributed by atoms with Gasteiger partial charge in [0.25, 0.3) is 0 Å². The Balaban J connectivity index is 0. The van der Waals surface area contributed by atoms with Crippen molar-refractivity contribution >= 4 is 34.7 Å². The molecule has 0 atom stereocenters. The summed E-state index contributed by atoms with van der Waals surface area (Å²) in [5.41, 5.74) is 1.99. The minimum absolute atomic E-state index is 0.813. The second-order valence-electron chi connectivity index (χ2n) is 6.39. The van der Waals surface area contributed by atoms with Crippen molar-refractivity contribution < 1.29 is 8.23 Å². The van der Waals surface area contributed by atoms with E-state index in [1.165, 1.54) is 0 Å². The molecular formula is C13H34O2Si4. The molecule has 114 valence electrons. The van der Waals surface area contributed by atoms with Crippen LogP contribution in [0.1, 0.15) is 0 Å². The Kier molecular flexibility index (Phi) is 11.4. The van der Waals surface area contributed by atoms with E-state index in [1.807, 2.05) is 11.8 Å². The molecule has 2 nitrogen and oxygen atoms in total. The fourth-order valence-corrected chi connectivity index (χ4v) is 13.1. The average Bonchev–Trinajstić information content (AvgIpc) is 2.14. The first-order valence-electron chi connectivity index (χ1n) is 7.06. The van der Waals surface area contributed by atoms with Gasteiger partial charge in [0.05, 0.1) is 0 Å². The predicted octanol–water partition coefficient (Wildman–Crippen LogP) is 4.29. The zero-order valence-electron chi connectivity index (χ0n) is 14.2. The van der Waals surface area contributed by atoms with Gasteiger partial charge in [0.15, 0.2) is 34.7 Å². The quantitative estimate of drug-likeness (QED) is 0.510. The number of rotatable bonds is 7. The fourth-order valence-electron chi connectivity index (χ4n) is 1.69. The summed E-state index contributed by atoms with van der Waals surface area (Å²) >= 11 is 0. The van der Waals surface area contributed by atoms with Crippen LogP contribution in [0.3, 0.4) is 0 Å². The summed E-state index contributed by atoms with van der Waals surface area (Å²) in [6.07, 6.45) is 1.98. The van der Waals surface area contributed by atoms with Crippen molar-refractivity contribution in [3.8, 4) is 0 Å². The Morgan fingerprint density at radius 2 is 1.32 bits per heavy atom. The van der Waals surface area contributed by atoms with Gasteiger partial charge in [-0.1, -0.05) is 11.8 Å². The summed E-state index contributed by atoms with van der Waals surface area (Å²) in [5, 5.41) is 0. The number of hydrogen-bond acceptors (Lipinski definition) is 2. The maximum atomic E-state index is 5.88. The summed E-state index contributed by atoms with van der Waals surface area (Å²) in [7, 11) is -4.37. The lowest BCUT2D eigenvalue weighted by molar-refractivity contribution is 0.577. The molecule has 0 rings (SSSR count). The normalized spacial score (nSPS) is 12.1. The highest BCUT2D eigenvalue weighted by Gasteiger charge is 2.21. The second-order valence-corrected chi connectivity index (χ2v) is 20.0. The molecule has 0 aliphatic heterocycles. The molecule has 0 amide bonds. The van der Waals surface area contributed by atoms with Crippen LogP contribution in [0.15, 0.2) is 24.9 Å². The van der Waals surface area contributed by atoms with Gasteiger partial charge in [0.2, 0.25) is 0 Å². The smallest absolute Gasteiger partial charge is 0.197 e. The van der Waals surface area contributed by atoms with E-state index in [4.69, 9.17) is 8.23 Å². The molecule has 0 unspecified atom stereocenters. The van der Waals surface area contributed by atoms with Gasteiger partial charge >= 0.3 is 0 Å². The van der Waals surface area contributed by atoms with Gasteiger partial charge in [-0.15, -0.1) is 13.2 Å². The lowest BCUT2D eigenvalue weighted by Crippen LogP contribution is -2.34. The maximum Gasteiger partial charge on any atom is 0.197 e. The highest BCUT2D eigenvalue weighted by Crippen LogP contribution is 2.12. The molecule has 0 aromatic rings. The van der Waals surface area contributed by atoms with E-state index >= 15 is 0 Å². The third-order valence-corrected chi connectivity index (χ3v) is 13.2. The summed E-state index contributed by atoms with van der Waals surface area (Å²) in [6.45, 7) is 25.1. The van der Waals surface area contributed by atoms with Crippen LogP contribution in [0, 0.1) is 0 Å². The number of hydrogen-bond donors (Lipinski definition) is 0. The summed E-state index contributed by atoms with van der Waals surface area (Å²) in [6, 6.07) is 1.08. The Morgan fingerprint density at radius 3 is 1.53 bits per heavy atom. The third kappa shape index (κ3) is 16.2. The molecular weight excluding hydrogens is 300 g/mol. The lowest BCUT2D eigenvalue weighted by Gasteiger charge is -2.23. The van der Waals surface area contributed by atoms with Gasteiger partial charge in [0, 0.05) is 0 Å². The molecule has 0 aromatic heterocycles. The van der Waals surface area contributed by atoms with Crippen molar-refractivity contribution in [2.45, 2.75) is 58.4 Å². The van der Waals surface area contributed by atoms with Gasteiger partial charge in [-0.05, 0) is 58.4 Å². The van der Waals surface area contributed by atoms with Crippen molar-refractivity contribution in [3.63, 3.8) is 0 Å². The lowest BCUT2D eigenvalue weighted by atomic mass is 10.8. The first kappa shape index (κ1) is 21.6. The first-order chi connectivity index (χ1) is 8.45. The van der Waals surface area contributed by atoms with Crippen molar-refractivity contribution in [2.75, 3.05) is 0 Å². The second kappa shape index (κ2) is 10.1. The van der Waals surface area contributed by atoms with Gasteiger partial charge in [0.1, 0.15) is 0 Å². The van der Waals surface area contributed by atoms with Gasteiger partial charge in [-0.3, -0.25) is 0 Å². The van der Waals surface area contributed by atoms with Crippen LogP contribution in [0.2, 0.25) is 58.4 Å². The molecule has 19 heavy (non-hydrogen) atoms. The molecule has 0 aliphatic carbocycles. The molecule has 0 saturated carbocycles. The van der Waals surface area contributed by atoms with Gasteiger partial charge in [-0.2, -0.15) is 0 Å². The molecule has 0 fully saturated rings. The average molecular weight is 335 g/mol. The van der Waals surface area contributed by atoms with Crippen LogP contribution < -0.4 is 0 Å². The molecule has 6 heteroatoms. The van der Waals surface area contributed by atoms with E-state index in [-0.39, 0.29) is 0 Å². The van der Waals surface area contributed by atoms with Crippen molar-refractivity contribution in [3.05, 3.63) is 24.9 Å². The first-order valence-corrected chi connectivity index (χ1v) is 18.7. The Hall–Kier alpha value is 0.268. The molecule has 0 heterocycles. The zero-order chi connectivity index (χ0) is 15.7. The molecule has 0 radical (unpaired) electrons. The number of allylic oxidation sites excluding steroid dienone is 1. The molecule has 0 bridgehead atoms. The van der Waals surface area contributed by atoms with Crippen LogP contribution in [-0.2, 0) is 8.23 Å². The topological polar surface area (TPSA) is 18.5 Å². The van der Waals surface area contributed by atoms with E-state index in [0.29, 0.717) is 0 Å². The Bertz CT molecular complexity index is 263. The predicted molar refractivity (Wildman–Crippen MR) is 100 cm³/mol. The highest BCUT2D eigenvalue weighted by molar-refractivity contribution is 6.81. The van der Waals surface area contributed by atoms with Crippen LogP contribution in [0.5, 0.6) is 0 Å². The monoisotopic (exact) mass is 334 g/mol. The molecule has 0 aliphatic rings. The van der Waals surface area contributed by atoms with E-state index in [0.717, 1.165) is 6.04 Å². The molecule has 0 aromatic carbocycles. The summed E-state index contributed by atoms with van der Waals surface area (Å²) in [4.78, 5) is 0. The van der Waals surface area contributed by atoms with E-state index < -0.39 is 34.7 Å². The minimum atomic E-state index is -1.41. The van der Waals surface area contributed by atoms with Crippen LogP contribution in [0.4, 0.5) is 0 Å². The molecule has 0 saturated heterocycles. The van der Waals surface area contributed by atoms with Crippen molar-refractivity contribution in [1.82, 2.24) is 0 Å². The van der Waals surface area contributed by atoms with Gasteiger partial charge < -0.3 is 8.23 Å². The Labute approximate surface area is 126 Å². The largest absolute Gasteiger partial charge is 0.458 e. The van der Waals surface area contributed by atoms with Crippen LogP contribution >= 0.6 is 0 Å². The maximum absolute atomic E-state index is 5.88. The van der Waals surface area contributed by atoms with E-state index in [1.54, 1.807) is 0 Å². The van der Waals surface area contributed by atoms with Crippen molar-refractivity contribution in [2.24, 2.45) is 0 Å². The highest BCUT2D eigenvalue weighted by atomic mass is 28.4. The van der Waals surface area contributed by atoms with E-state index in [2.05, 4.69) is 65.5 Å². The summed E-state index contributed by atoms with van der Waals surface area (Å²) < 4.78 is 11.6. The summed E-state index contributed by atoms with van der Waals surface area (Å²) in [5.74, 6) is 0. The molecule has 0 spiro atoms. The fraction of sp³-hybridized carbons (Fsp3) is 0.692. The van der Waals surface area contributed by atoms with Crippen LogP contribution in [-0.4, -0.2) is 34.7 Å². The van der Waals surface area contributed by atoms with Crippen molar-refractivity contribution in [1.29, 1.82) is 0 Å². The Morgan fingerprint density at radius 1 is 0.895 bits per heavy atom. The standard InChI is InChI=1S/C7H18OSi2.C6H16OSi2/c1-6-7-10(4,5)8-9(2)3;1-6-9(4,5)7-8(2)3/h6,9H,1,7H2,2-5H3;6,8H,1H2,2-5H3. The SMILES string of the molecule is C=CC[Si](C)(C)O[SiH](C)C.C=C[Si](C)(C)O[SiH](C)C. The minimum Gasteiger partial charge on any atom is -0.458 e. The molecule has 0 N–H and O–H groups in total. The zero-order valence-corrected chi connectivity index (χ0v) is 18.6. The third-order valence-electron chi connectivity index (χ3n) is 2.22. The van der Waals surface area contributed by atoms with Crippen LogP contribution in [0.25, 0.3) is 0 Å². The van der Waals surface area contributed by atoms with E-state index in [9.17, 15) is 0 Å². The van der Waals surface area contributed by atoms with Gasteiger partial charge in [-0.25, -0.2) is 0 Å².